The predicted molar refractivity (Wildman–Crippen MR) is 74.9 cm³/mol. The Morgan fingerprint density at radius 1 is 1.60 bits per heavy atom. The summed E-state index contributed by atoms with van der Waals surface area (Å²) in [5.74, 6) is -0.832. The summed E-state index contributed by atoms with van der Waals surface area (Å²) in [6, 6.07) is 1.34. The molecule has 20 heavy (non-hydrogen) atoms. The van der Waals surface area contributed by atoms with Gasteiger partial charge in [-0.15, -0.1) is 0 Å². The van der Waals surface area contributed by atoms with Crippen LogP contribution in [0.2, 0.25) is 0 Å². The van der Waals surface area contributed by atoms with Crippen molar-refractivity contribution in [2.24, 2.45) is 0 Å². The largest absolute Gasteiger partial charge is 0.481 e. The van der Waals surface area contributed by atoms with Gasteiger partial charge in [0.25, 0.3) is 5.56 Å². The van der Waals surface area contributed by atoms with Gasteiger partial charge in [-0.2, -0.15) is 9.61 Å². The van der Waals surface area contributed by atoms with E-state index in [1.165, 1.54) is 21.9 Å². The molecule has 0 bridgehead atoms. The molecule has 8 heteroatoms. The Morgan fingerprint density at radius 3 is 3.00 bits per heavy atom. The highest BCUT2D eigenvalue weighted by Gasteiger charge is 2.17. The topological polar surface area (TPSA) is 87.8 Å². The first kappa shape index (κ1) is 14.6. The summed E-state index contributed by atoms with van der Waals surface area (Å²) >= 11 is 1.30. The third kappa shape index (κ3) is 3.20. The maximum absolute atomic E-state index is 11.8. The van der Waals surface area contributed by atoms with Gasteiger partial charge in [-0.05, 0) is 13.5 Å². The fourth-order valence-corrected chi connectivity index (χ4v) is 2.69. The Balaban J connectivity index is 2.20. The Hall–Kier alpha value is -1.80. The maximum atomic E-state index is 11.8. The fourth-order valence-electron chi connectivity index (χ4n) is 2.05. The molecule has 0 aliphatic rings. The van der Waals surface area contributed by atoms with Crippen LogP contribution >= 0.6 is 11.3 Å². The van der Waals surface area contributed by atoms with Crippen molar-refractivity contribution in [3.05, 3.63) is 27.6 Å². The summed E-state index contributed by atoms with van der Waals surface area (Å²) < 4.78 is 1.26. The summed E-state index contributed by atoms with van der Waals surface area (Å²) in [7, 11) is 0. The summed E-state index contributed by atoms with van der Waals surface area (Å²) in [4.78, 5) is 29.5. The van der Waals surface area contributed by atoms with Gasteiger partial charge in [0.2, 0.25) is 4.96 Å². The SMILES string of the molecule is CCN(Cc1cc(=O)n2ncsc2n1)C(C)CC(=O)O. The van der Waals surface area contributed by atoms with Gasteiger partial charge in [-0.25, -0.2) is 4.98 Å². The number of aliphatic carboxylic acids is 1. The van der Waals surface area contributed by atoms with Crippen molar-refractivity contribution in [3.8, 4) is 0 Å². The number of hydrogen-bond donors (Lipinski definition) is 1. The van der Waals surface area contributed by atoms with E-state index in [4.69, 9.17) is 5.11 Å². The van der Waals surface area contributed by atoms with Crippen molar-refractivity contribution >= 4 is 22.3 Å². The van der Waals surface area contributed by atoms with Gasteiger partial charge >= 0.3 is 5.97 Å². The molecule has 2 aromatic heterocycles. The molecule has 2 heterocycles. The van der Waals surface area contributed by atoms with E-state index in [0.717, 1.165) is 0 Å². The predicted octanol–water partition coefficient (Wildman–Crippen LogP) is 0.836. The van der Waals surface area contributed by atoms with Crippen LogP contribution in [0.25, 0.3) is 4.96 Å². The van der Waals surface area contributed by atoms with Crippen LogP contribution in [0.4, 0.5) is 0 Å². The molecule has 1 atom stereocenters. The molecule has 0 amide bonds. The van der Waals surface area contributed by atoms with Gasteiger partial charge in [0.15, 0.2) is 0 Å². The summed E-state index contributed by atoms with van der Waals surface area (Å²) in [6.07, 6.45) is 0.0651. The van der Waals surface area contributed by atoms with E-state index in [0.29, 0.717) is 23.7 Å². The van der Waals surface area contributed by atoms with Crippen LogP contribution in [-0.2, 0) is 11.3 Å². The zero-order valence-corrected chi connectivity index (χ0v) is 12.1. The zero-order valence-electron chi connectivity index (χ0n) is 11.3. The van der Waals surface area contributed by atoms with Crippen LogP contribution < -0.4 is 5.56 Å². The van der Waals surface area contributed by atoms with E-state index in [2.05, 4.69) is 10.1 Å². The number of carbonyl (C=O) groups is 1. The molecule has 7 nitrogen and oxygen atoms in total. The third-order valence-electron chi connectivity index (χ3n) is 3.10. The molecule has 1 unspecified atom stereocenters. The lowest BCUT2D eigenvalue weighted by molar-refractivity contribution is -0.138. The molecule has 0 saturated carbocycles. The Kier molecular flexibility index (Phi) is 4.46. The maximum Gasteiger partial charge on any atom is 0.304 e. The van der Waals surface area contributed by atoms with Gasteiger partial charge in [-0.1, -0.05) is 18.3 Å². The lowest BCUT2D eigenvalue weighted by atomic mass is 10.2. The van der Waals surface area contributed by atoms with Crippen LogP contribution in [0.3, 0.4) is 0 Å². The number of carboxylic acids is 1. The van der Waals surface area contributed by atoms with Crippen molar-refractivity contribution < 1.29 is 9.90 Å². The van der Waals surface area contributed by atoms with Crippen molar-refractivity contribution in [3.63, 3.8) is 0 Å². The van der Waals surface area contributed by atoms with Gasteiger partial charge in [0.05, 0.1) is 12.1 Å². The van der Waals surface area contributed by atoms with Crippen LogP contribution in [0.15, 0.2) is 16.4 Å². The zero-order chi connectivity index (χ0) is 14.7. The van der Waals surface area contributed by atoms with Gasteiger partial charge in [-0.3, -0.25) is 14.5 Å². The summed E-state index contributed by atoms with van der Waals surface area (Å²) in [5, 5.41) is 12.8. The quantitative estimate of drug-likeness (QED) is 0.849. The number of hydrogen-bond acceptors (Lipinski definition) is 6. The molecular formula is C12H16N4O3S. The smallest absolute Gasteiger partial charge is 0.304 e. The highest BCUT2D eigenvalue weighted by Crippen LogP contribution is 2.10. The normalized spacial score (nSPS) is 12.9. The first-order valence-electron chi connectivity index (χ1n) is 6.29. The summed E-state index contributed by atoms with van der Waals surface area (Å²) in [6.45, 7) is 4.96. The molecule has 108 valence electrons. The van der Waals surface area contributed by atoms with Crippen molar-refractivity contribution in [2.45, 2.75) is 32.9 Å². The van der Waals surface area contributed by atoms with E-state index in [-0.39, 0.29) is 18.0 Å². The monoisotopic (exact) mass is 296 g/mol. The van der Waals surface area contributed by atoms with Crippen LogP contribution in [0.5, 0.6) is 0 Å². The molecule has 0 saturated heterocycles. The first-order chi connectivity index (χ1) is 9.51. The highest BCUT2D eigenvalue weighted by molar-refractivity contribution is 7.14. The lowest BCUT2D eigenvalue weighted by Crippen LogP contribution is -2.34. The number of carboxylic acid groups (broad SMARTS) is 1. The minimum atomic E-state index is -0.832. The molecule has 0 fully saturated rings. The van der Waals surface area contributed by atoms with Gasteiger partial charge in [0, 0.05) is 18.7 Å². The van der Waals surface area contributed by atoms with Crippen molar-refractivity contribution in [2.75, 3.05) is 6.54 Å². The molecule has 0 aliphatic carbocycles. The van der Waals surface area contributed by atoms with Crippen LogP contribution in [0, 0.1) is 0 Å². The number of aromatic nitrogens is 3. The van der Waals surface area contributed by atoms with Crippen molar-refractivity contribution in [1.29, 1.82) is 0 Å². The third-order valence-corrected chi connectivity index (χ3v) is 3.78. The van der Waals surface area contributed by atoms with Crippen LogP contribution in [0.1, 0.15) is 26.0 Å². The molecule has 0 radical (unpaired) electrons. The molecule has 1 N–H and O–H groups in total. The molecule has 0 spiro atoms. The average Bonchev–Trinajstić information content (AvgIpc) is 2.83. The average molecular weight is 296 g/mol. The van der Waals surface area contributed by atoms with Crippen LogP contribution in [-0.4, -0.2) is 43.2 Å². The summed E-state index contributed by atoms with van der Waals surface area (Å²) in [5.41, 5.74) is 1.99. The number of fused-ring (bicyclic) bond motifs is 1. The second-order valence-corrected chi connectivity index (χ2v) is 5.34. The Bertz CT molecular complexity index is 666. The fraction of sp³-hybridized carbons (Fsp3) is 0.500. The van der Waals surface area contributed by atoms with E-state index >= 15 is 0 Å². The molecule has 2 rings (SSSR count). The Labute approximate surface area is 119 Å². The molecule has 2 aromatic rings. The number of nitrogens with zero attached hydrogens (tertiary/aromatic N) is 4. The van der Waals surface area contributed by atoms with Gasteiger partial charge < -0.3 is 5.11 Å². The lowest BCUT2D eigenvalue weighted by Gasteiger charge is -2.26. The standard InChI is InChI=1S/C12H16N4O3S/c1-3-15(8(2)4-11(18)19)6-9-5-10(17)16-12(14-9)20-7-13-16/h5,7-8H,3-4,6H2,1-2H3,(H,18,19). The van der Waals surface area contributed by atoms with E-state index < -0.39 is 5.97 Å². The minimum Gasteiger partial charge on any atom is -0.481 e. The van der Waals surface area contributed by atoms with E-state index in [1.54, 1.807) is 5.51 Å². The highest BCUT2D eigenvalue weighted by atomic mass is 32.1. The second-order valence-electron chi connectivity index (χ2n) is 4.53. The van der Waals surface area contributed by atoms with Gasteiger partial charge in [0.1, 0.15) is 5.51 Å². The van der Waals surface area contributed by atoms with E-state index in [9.17, 15) is 9.59 Å². The first-order valence-corrected chi connectivity index (χ1v) is 7.17. The van der Waals surface area contributed by atoms with Crippen molar-refractivity contribution in [1.82, 2.24) is 19.5 Å². The number of rotatable bonds is 6. The molecule has 0 aliphatic heterocycles. The van der Waals surface area contributed by atoms with E-state index in [1.807, 2.05) is 18.7 Å². The Morgan fingerprint density at radius 2 is 2.35 bits per heavy atom. The molecule has 0 aromatic carbocycles. The molecular weight excluding hydrogens is 280 g/mol. The second kappa shape index (κ2) is 6.10. The minimum absolute atomic E-state index is 0.0651.